The van der Waals surface area contributed by atoms with Gasteiger partial charge >= 0.3 is 7.32 Å². The average Bonchev–Trinajstić information content (AvgIpc) is 2.79. The first kappa shape index (κ1) is 33.7. The lowest BCUT2D eigenvalue weighted by molar-refractivity contribution is 0.165. The average molecular weight is 549 g/mol. The third-order valence-electron chi connectivity index (χ3n) is 6.87. The van der Waals surface area contributed by atoms with E-state index < -0.39 is 7.32 Å². The van der Waals surface area contributed by atoms with E-state index in [2.05, 4.69) is 121 Å². The number of benzene rings is 2. The molecule has 0 spiro atoms. The molecule has 40 heavy (non-hydrogen) atoms. The summed E-state index contributed by atoms with van der Waals surface area (Å²) in [6.45, 7) is 34.2. The van der Waals surface area contributed by atoms with Crippen molar-refractivity contribution >= 4 is 7.32 Å². The normalized spacial score (nSPS) is 12.8. The van der Waals surface area contributed by atoms with Crippen LogP contribution in [0.2, 0.25) is 0 Å². The van der Waals surface area contributed by atoms with E-state index in [1.54, 1.807) is 12.2 Å². The molecule has 0 radical (unpaired) electrons. The molecule has 0 amide bonds. The molecular formula is C35H53BO4. The standard InChI is InChI=1S/C35H53BO4/c1-15-17-38-36(39-18-16-2)40-31-28(34(9,10)11)22-25(23-29(31)35(12,13)14)19-24-20-26(32(3,4)5)30(37)27(21-24)33(6,7)8/h15-16,20-23,37H,1-2,17-19H2,3-14H3. The zero-order chi connectivity index (χ0) is 30.7. The molecule has 220 valence electrons. The zero-order valence-corrected chi connectivity index (χ0v) is 27.2. The first-order valence-corrected chi connectivity index (χ1v) is 14.4. The Labute approximate surface area is 245 Å². The van der Waals surface area contributed by atoms with Gasteiger partial charge in [0.15, 0.2) is 0 Å². The van der Waals surface area contributed by atoms with Crippen molar-refractivity contribution in [2.45, 2.75) is 111 Å². The molecule has 0 aliphatic carbocycles. The minimum absolute atomic E-state index is 0.184. The number of phenols is 1. The number of hydrogen-bond donors (Lipinski definition) is 1. The van der Waals surface area contributed by atoms with Gasteiger partial charge in [-0.1, -0.05) is 120 Å². The topological polar surface area (TPSA) is 47.9 Å². The van der Waals surface area contributed by atoms with Gasteiger partial charge in [0.1, 0.15) is 11.5 Å². The minimum atomic E-state index is -0.884. The quantitative estimate of drug-likeness (QED) is 0.238. The Balaban J connectivity index is 2.76. The monoisotopic (exact) mass is 548 g/mol. The van der Waals surface area contributed by atoms with Crippen molar-refractivity contribution in [3.63, 3.8) is 0 Å². The summed E-state index contributed by atoms with van der Waals surface area (Å²) in [7, 11) is -0.884. The third kappa shape index (κ3) is 8.75. The lowest BCUT2D eigenvalue weighted by Gasteiger charge is -2.32. The molecule has 2 rings (SSSR count). The lowest BCUT2D eigenvalue weighted by atomic mass is 9.76. The van der Waals surface area contributed by atoms with E-state index >= 15 is 0 Å². The summed E-state index contributed by atoms with van der Waals surface area (Å²) < 4.78 is 18.2. The van der Waals surface area contributed by atoms with Gasteiger partial charge in [0, 0.05) is 0 Å². The molecule has 0 saturated heterocycles. The van der Waals surface area contributed by atoms with Crippen LogP contribution in [0.15, 0.2) is 49.6 Å². The number of rotatable bonds is 10. The van der Waals surface area contributed by atoms with Crippen LogP contribution in [0.25, 0.3) is 0 Å². The van der Waals surface area contributed by atoms with Gasteiger partial charge in [-0.25, -0.2) is 0 Å². The van der Waals surface area contributed by atoms with Gasteiger partial charge in [0.05, 0.1) is 13.2 Å². The predicted molar refractivity (Wildman–Crippen MR) is 171 cm³/mol. The summed E-state index contributed by atoms with van der Waals surface area (Å²) in [5.74, 6) is 1.20. The van der Waals surface area contributed by atoms with Gasteiger partial charge in [0.2, 0.25) is 0 Å². The molecule has 0 atom stereocenters. The van der Waals surface area contributed by atoms with Crippen LogP contribution in [-0.4, -0.2) is 25.6 Å². The van der Waals surface area contributed by atoms with E-state index in [4.69, 9.17) is 14.0 Å². The van der Waals surface area contributed by atoms with Crippen molar-refractivity contribution in [1.29, 1.82) is 0 Å². The second-order valence-electron chi connectivity index (χ2n) is 14.9. The highest BCUT2D eigenvalue weighted by atomic mass is 16.7. The molecule has 2 aromatic rings. The molecule has 0 bridgehead atoms. The summed E-state index contributed by atoms with van der Waals surface area (Å²) in [6.07, 6.45) is 4.10. The maximum absolute atomic E-state index is 11.2. The van der Waals surface area contributed by atoms with Crippen LogP contribution >= 0.6 is 0 Å². The maximum Gasteiger partial charge on any atom is 0.713 e. The fourth-order valence-electron chi connectivity index (χ4n) is 4.71. The molecule has 0 unspecified atom stereocenters. The van der Waals surface area contributed by atoms with Crippen LogP contribution < -0.4 is 4.65 Å². The van der Waals surface area contributed by atoms with Gasteiger partial charge in [-0.05, 0) is 61.5 Å². The largest absolute Gasteiger partial charge is 0.713 e. The molecule has 1 N–H and O–H groups in total. The Bertz CT molecular complexity index is 1100. The summed E-state index contributed by atoms with van der Waals surface area (Å²) in [4.78, 5) is 0. The fourth-order valence-corrected chi connectivity index (χ4v) is 4.71. The van der Waals surface area contributed by atoms with Crippen LogP contribution in [0.5, 0.6) is 11.5 Å². The van der Waals surface area contributed by atoms with Crippen LogP contribution in [0.1, 0.15) is 116 Å². The first-order chi connectivity index (χ1) is 18.2. The highest BCUT2D eigenvalue weighted by molar-refractivity contribution is 6.37. The molecule has 0 aliphatic heterocycles. The second kappa shape index (κ2) is 12.6. The zero-order valence-electron chi connectivity index (χ0n) is 27.2. The number of hydrogen-bond acceptors (Lipinski definition) is 4. The highest BCUT2D eigenvalue weighted by Crippen LogP contribution is 2.43. The lowest BCUT2D eigenvalue weighted by Crippen LogP contribution is -2.33. The van der Waals surface area contributed by atoms with Crippen LogP contribution in [0.3, 0.4) is 0 Å². The molecule has 2 aromatic carbocycles. The van der Waals surface area contributed by atoms with Crippen molar-refractivity contribution in [3.05, 3.63) is 83.0 Å². The van der Waals surface area contributed by atoms with Gasteiger partial charge in [-0.3, -0.25) is 0 Å². The fraction of sp³-hybridized carbons (Fsp3) is 0.543. The Kier molecular flexibility index (Phi) is 10.6. The van der Waals surface area contributed by atoms with E-state index in [9.17, 15) is 5.11 Å². The molecule has 0 heterocycles. The summed E-state index contributed by atoms with van der Waals surface area (Å²) >= 11 is 0. The van der Waals surface area contributed by atoms with E-state index in [0.717, 1.165) is 34.4 Å². The molecule has 0 aliphatic rings. The van der Waals surface area contributed by atoms with E-state index in [0.29, 0.717) is 19.0 Å². The van der Waals surface area contributed by atoms with Crippen LogP contribution in [0, 0.1) is 0 Å². The summed E-state index contributed by atoms with van der Waals surface area (Å²) in [5.41, 5.74) is 5.75. The second-order valence-corrected chi connectivity index (χ2v) is 14.9. The molecule has 5 heteroatoms. The molecule has 4 nitrogen and oxygen atoms in total. The van der Waals surface area contributed by atoms with E-state index in [1.807, 2.05) is 0 Å². The minimum Gasteiger partial charge on any atom is -0.511 e. The maximum atomic E-state index is 11.2. The third-order valence-corrected chi connectivity index (χ3v) is 6.87. The van der Waals surface area contributed by atoms with E-state index in [-0.39, 0.29) is 21.7 Å². The summed E-state index contributed by atoms with van der Waals surface area (Å²) in [5, 5.41) is 11.2. The van der Waals surface area contributed by atoms with Crippen molar-refractivity contribution in [1.82, 2.24) is 0 Å². The Hall–Kier alpha value is -2.50. The van der Waals surface area contributed by atoms with Crippen LogP contribution in [0.4, 0.5) is 0 Å². The van der Waals surface area contributed by atoms with Crippen molar-refractivity contribution in [2.75, 3.05) is 13.2 Å². The number of phenolic OH excluding ortho intramolecular Hbond substituents is 1. The Morgan fingerprint density at radius 2 is 0.950 bits per heavy atom. The van der Waals surface area contributed by atoms with Crippen LogP contribution in [-0.2, 0) is 37.4 Å². The van der Waals surface area contributed by atoms with E-state index in [1.165, 1.54) is 11.1 Å². The van der Waals surface area contributed by atoms with Crippen molar-refractivity contribution < 1.29 is 19.1 Å². The smallest absolute Gasteiger partial charge is 0.511 e. The SMILES string of the molecule is C=CCOB(OCC=C)Oc1c(C(C)(C)C)cc(Cc2cc(C(C)(C)C)c(O)c(C(C)(C)C)c2)cc1C(C)(C)C. The van der Waals surface area contributed by atoms with Gasteiger partial charge in [-0.2, -0.15) is 0 Å². The number of aromatic hydroxyl groups is 1. The van der Waals surface area contributed by atoms with Gasteiger partial charge < -0.3 is 19.1 Å². The molecule has 0 saturated carbocycles. The van der Waals surface area contributed by atoms with Gasteiger partial charge in [-0.15, -0.1) is 13.2 Å². The molecular weight excluding hydrogens is 495 g/mol. The Morgan fingerprint density at radius 3 is 1.25 bits per heavy atom. The van der Waals surface area contributed by atoms with Gasteiger partial charge in [0.25, 0.3) is 0 Å². The predicted octanol–water partition coefficient (Wildman–Crippen LogP) is 8.94. The summed E-state index contributed by atoms with van der Waals surface area (Å²) in [6, 6.07) is 8.85. The molecule has 0 aromatic heterocycles. The van der Waals surface area contributed by atoms with Crippen molar-refractivity contribution in [3.8, 4) is 11.5 Å². The highest BCUT2D eigenvalue weighted by Gasteiger charge is 2.33. The molecule has 0 fully saturated rings. The van der Waals surface area contributed by atoms with Crippen molar-refractivity contribution in [2.24, 2.45) is 0 Å². The first-order valence-electron chi connectivity index (χ1n) is 14.4. The Morgan fingerprint density at radius 1 is 0.625 bits per heavy atom.